The van der Waals surface area contributed by atoms with Crippen LogP contribution in [-0.2, 0) is 17.5 Å². The number of halogens is 3. The molecule has 33 heavy (non-hydrogen) atoms. The predicted octanol–water partition coefficient (Wildman–Crippen LogP) is 3.34. The molecular weight excluding hydrogens is 463 g/mol. The Balaban J connectivity index is 1.64. The van der Waals surface area contributed by atoms with Gasteiger partial charge in [0, 0.05) is 13.7 Å². The van der Waals surface area contributed by atoms with Gasteiger partial charge in [-0.2, -0.15) is 18.2 Å². The molecule has 0 spiro atoms. The van der Waals surface area contributed by atoms with Crippen LogP contribution >= 0.6 is 11.3 Å². The fourth-order valence-electron chi connectivity index (χ4n) is 3.01. The smallest absolute Gasteiger partial charge is 0.416 e. The second-order valence-electron chi connectivity index (χ2n) is 7.02. The number of methoxy groups -OCH3 is 2. The lowest BCUT2D eigenvalue weighted by atomic mass is 10.2. The van der Waals surface area contributed by atoms with Crippen molar-refractivity contribution in [2.45, 2.75) is 25.8 Å². The van der Waals surface area contributed by atoms with Crippen molar-refractivity contribution in [2.75, 3.05) is 27.4 Å². The van der Waals surface area contributed by atoms with E-state index in [1.807, 2.05) is 0 Å². The van der Waals surface area contributed by atoms with Gasteiger partial charge >= 0.3 is 6.18 Å². The molecule has 0 fully saturated rings. The normalized spacial score (nSPS) is 12.6. The van der Waals surface area contributed by atoms with Crippen molar-refractivity contribution in [1.29, 1.82) is 0 Å². The summed E-state index contributed by atoms with van der Waals surface area (Å²) in [6.45, 7) is 1.46. The molecule has 3 aromatic rings. The fourth-order valence-corrected chi connectivity index (χ4v) is 4.11. The van der Waals surface area contributed by atoms with Gasteiger partial charge in [0.25, 0.3) is 5.91 Å². The van der Waals surface area contributed by atoms with Gasteiger partial charge in [0.05, 0.1) is 22.9 Å². The average Bonchev–Trinajstić information content (AvgIpc) is 3.11. The maximum atomic E-state index is 12.8. The number of fused-ring (bicyclic) bond motifs is 1. The number of carbonyl (C=O) groups excluding carboxylic acids is 1. The van der Waals surface area contributed by atoms with Crippen LogP contribution in [0.15, 0.2) is 24.3 Å². The van der Waals surface area contributed by atoms with Gasteiger partial charge in [-0.15, -0.1) is 11.3 Å². The molecule has 3 rings (SSSR count). The minimum Gasteiger partial charge on any atom is -0.491 e. The number of aliphatic hydroxyl groups excluding tert-OH is 1. The Labute approximate surface area is 191 Å². The Morgan fingerprint density at radius 2 is 2.03 bits per heavy atom. The summed E-state index contributed by atoms with van der Waals surface area (Å²) in [5.41, 5.74) is -0.224. The standard InChI is InChI=1S/C21H22F3N3O5S/c1-11-16-19(31-3)26-15(10-30-2)27-20(16)33-17(11)18(29)25-8-13(28)9-32-14-6-4-5-12(7-14)21(22,23)24/h4-7,13,28H,8-10H2,1-3H3,(H,25,29). The van der Waals surface area contributed by atoms with Crippen LogP contribution in [0.1, 0.15) is 26.6 Å². The molecule has 2 aromatic heterocycles. The summed E-state index contributed by atoms with van der Waals surface area (Å²) in [5, 5.41) is 13.3. The Morgan fingerprint density at radius 3 is 2.70 bits per heavy atom. The summed E-state index contributed by atoms with van der Waals surface area (Å²) in [6, 6.07) is 4.34. The van der Waals surface area contributed by atoms with Crippen molar-refractivity contribution in [2.24, 2.45) is 0 Å². The van der Waals surface area contributed by atoms with Gasteiger partial charge in [0.15, 0.2) is 5.82 Å². The predicted molar refractivity (Wildman–Crippen MR) is 115 cm³/mol. The number of ether oxygens (including phenoxy) is 3. The van der Waals surface area contributed by atoms with E-state index in [2.05, 4.69) is 15.3 Å². The van der Waals surface area contributed by atoms with E-state index in [9.17, 15) is 23.1 Å². The molecule has 2 N–H and O–H groups in total. The lowest BCUT2D eigenvalue weighted by molar-refractivity contribution is -0.137. The van der Waals surface area contributed by atoms with Gasteiger partial charge in [-0.25, -0.2) is 4.98 Å². The van der Waals surface area contributed by atoms with Gasteiger partial charge in [-0.1, -0.05) is 6.07 Å². The molecular formula is C21H22F3N3O5S. The molecule has 2 heterocycles. The fraction of sp³-hybridized carbons (Fsp3) is 0.381. The van der Waals surface area contributed by atoms with E-state index in [1.165, 1.54) is 26.4 Å². The summed E-state index contributed by atoms with van der Waals surface area (Å²) in [7, 11) is 2.98. The number of nitrogens with one attached hydrogen (secondary N) is 1. The Morgan fingerprint density at radius 1 is 1.27 bits per heavy atom. The minimum absolute atomic E-state index is 0.0342. The molecule has 0 saturated heterocycles. The van der Waals surface area contributed by atoms with Crippen LogP contribution in [0.2, 0.25) is 0 Å². The minimum atomic E-state index is -4.49. The summed E-state index contributed by atoms with van der Waals surface area (Å²) >= 11 is 1.15. The first-order chi connectivity index (χ1) is 15.6. The van der Waals surface area contributed by atoms with Gasteiger partial charge in [0.1, 0.15) is 29.9 Å². The van der Waals surface area contributed by atoms with E-state index in [4.69, 9.17) is 14.2 Å². The molecule has 0 bridgehead atoms. The number of hydrogen-bond donors (Lipinski definition) is 2. The van der Waals surface area contributed by atoms with Crippen molar-refractivity contribution in [3.05, 3.63) is 46.1 Å². The van der Waals surface area contributed by atoms with Gasteiger partial charge in [-0.05, 0) is 30.7 Å². The molecule has 12 heteroatoms. The Bertz CT molecular complexity index is 1140. The number of rotatable bonds is 9. The number of alkyl halides is 3. The zero-order valence-electron chi connectivity index (χ0n) is 18.0. The van der Waals surface area contributed by atoms with Gasteiger partial charge in [-0.3, -0.25) is 4.79 Å². The van der Waals surface area contributed by atoms with Crippen LogP contribution in [0.25, 0.3) is 10.2 Å². The molecule has 0 aliphatic rings. The largest absolute Gasteiger partial charge is 0.491 e. The van der Waals surface area contributed by atoms with Crippen molar-refractivity contribution in [3.63, 3.8) is 0 Å². The number of hydrogen-bond acceptors (Lipinski definition) is 8. The SMILES string of the molecule is COCc1nc(OC)c2c(C)c(C(=O)NCC(O)COc3cccc(C(F)(F)F)c3)sc2n1. The molecule has 1 amide bonds. The van der Waals surface area contributed by atoms with Crippen molar-refractivity contribution < 1.29 is 37.3 Å². The number of nitrogens with zero attached hydrogens (tertiary/aromatic N) is 2. The number of aryl methyl sites for hydroxylation is 1. The van der Waals surface area contributed by atoms with Crippen LogP contribution in [-0.4, -0.2) is 54.5 Å². The van der Waals surface area contributed by atoms with E-state index < -0.39 is 23.8 Å². The van der Waals surface area contributed by atoms with Crippen molar-refractivity contribution in [3.8, 4) is 11.6 Å². The number of benzene rings is 1. The third kappa shape index (κ3) is 5.89. The highest BCUT2D eigenvalue weighted by Gasteiger charge is 2.30. The van der Waals surface area contributed by atoms with E-state index in [1.54, 1.807) is 6.92 Å². The van der Waals surface area contributed by atoms with Crippen molar-refractivity contribution >= 4 is 27.5 Å². The Hall–Kier alpha value is -2.96. The first-order valence-electron chi connectivity index (χ1n) is 9.73. The topological polar surface area (TPSA) is 103 Å². The lowest BCUT2D eigenvalue weighted by Crippen LogP contribution is -2.35. The monoisotopic (exact) mass is 485 g/mol. The summed E-state index contributed by atoms with van der Waals surface area (Å²) in [4.78, 5) is 22.3. The molecule has 1 unspecified atom stereocenters. The zero-order valence-corrected chi connectivity index (χ0v) is 18.8. The van der Waals surface area contributed by atoms with Crippen LogP contribution < -0.4 is 14.8 Å². The van der Waals surface area contributed by atoms with E-state index >= 15 is 0 Å². The van der Waals surface area contributed by atoms with Crippen molar-refractivity contribution in [1.82, 2.24) is 15.3 Å². The number of amides is 1. The number of aliphatic hydroxyl groups is 1. The third-order valence-corrected chi connectivity index (χ3v) is 5.76. The van der Waals surface area contributed by atoms with Gasteiger partial charge in [0.2, 0.25) is 5.88 Å². The Kier molecular flexibility index (Phi) is 7.72. The molecule has 1 atom stereocenters. The zero-order chi connectivity index (χ0) is 24.2. The van der Waals surface area contributed by atoms with Crippen LogP contribution in [0.5, 0.6) is 11.6 Å². The first-order valence-corrected chi connectivity index (χ1v) is 10.5. The number of aromatic nitrogens is 2. The molecule has 8 nitrogen and oxygen atoms in total. The second-order valence-corrected chi connectivity index (χ2v) is 8.02. The average molecular weight is 485 g/mol. The van der Waals surface area contributed by atoms with Crippen LogP contribution in [0.3, 0.4) is 0 Å². The number of carbonyl (C=O) groups is 1. The van der Waals surface area contributed by atoms with Crippen LogP contribution in [0.4, 0.5) is 13.2 Å². The summed E-state index contributed by atoms with van der Waals surface area (Å²) in [6.07, 6.45) is -5.63. The molecule has 0 aliphatic heterocycles. The highest BCUT2D eigenvalue weighted by Crippen LogP contribution is 2.35. The summed E-state index contributed by atoms with van der Waals surface area (Å²) < 4.78 is 54.0. The quantitative estimate of drug-likeness (QED) is 0.479. The van der Waals surface area contributed by atoms with E-state index in [-0.39, 0.29) is 25.5 Å². The lowest BCUT2D eigenvalue weighted by Gasteiger charge is -2.14. The molecule has 0 radical (unpaired) electrons. The van der Waals surface area contributed by atoms with E-state index in [0.29, 0.717) is 32.4 Å². The first kappa shape index (κ1) is 24.7. The maximum Gasteiger partial charge on any atom is 0.416 e. The van der Waals surface area contributed by atoms with E-state index in [0.717, 1.165) is 23.5 Å². The molecule has 1 aromatic carbocycles. The molecule has 178 valence electrons. The van der Waals surface area contributed by atoms with Gasteiger partial charge < -0.3 is 24.6 Å². The number of thiophene rings is 1. The van der Waals surface area contributed by atoms with Crippen LogP contribution in [0, 0.1) is 6.92 Å². The molecule has 0 saturated carbocycles. The maximum absolute atomic E-state index is 12.8. The highest BCUT2D eigenvalue weighted by molar-refractivity contribution is 7.20. The highest BCUT2D eigenvalue weighted by atomic mass is 32.1. The molecule has 0 aliphatic carbocycles. The summed E-state index contributed by atoms with van der Waals surface area (Å²) in [5.74, 6) is 0.267. The second kappa shape index (κ2) is 10.3. The third-order valence-electron chi connectivity index (χ3n) is 4.58.